The Hall–Kier alpha value is -2.08. The average Bonchev–Trinajstić information content (AvgIpc) is 2.55. The van der Waals surface area contributed by atoms with E-state index in [9.17, 15) is 4.79 Å². The van der Waals surface area contributed by atoms with Crippen LogP contribution in [0.3, 0.4) is 0 Å². The van der Waals surface area contributed by atoms with Crippen molar-refractivity contribution in [2.75, 3.05) is 11.9 Å². The Morgan fingerprint density at radius 3 is 2.50 bits per heavy atom. The number of nitrogens with one attached hydrogen (secondary N) is 1. The summed E-state index contributed by atoms with van der Waals surface area (Å²) in [5.41, 5.74) is 0.770. The summed E-state index contributed by atoms with van der Waals surface area (Å²) in [6, 6.07) is 21.4. The van der Waals surface area contributed by atoms with E-state index in [0.717, 1.165) is 25.8 Å². The van der Waals surface area contributed by atoms with Crippen LogP contribution >= 0.6 is 22.6 Å². The van der Waals surface area contributed by atoms with Crippen LogP contribution in [0.2, 0.25) is 0 Å². The van der Waals surface area contributed by atoms with Crippen LogP contribution < -0.4 is 10.1 Å². The Bertz CT molecular complexity index is 794. The monoisotopic (exact) mass is 403 g/mol. The van der Waals surface area contributed by atoms with Crippen LogP contribution in [-0.2, 0) is 4.79 Å². The minimum absolute atomic E-state index is 0.0139. The smallest absolute Gasteiger partial charge is 0.262 e. The molecule has 0 atom stereocenters. The summed E-state index contributed by atoms with van der Waals surface area (Å²) in [4.78, 5) is 12.0. The van der Waals surface area contributed by atoms with Crippen molar-refractivity contribution in [2.24, 2.45) is 0 Å². The van der Waals surface area contributed by atoms with Crippen molar-refractivity contribution in [3.05, 3.63) is 70.3 Å². The number of halogens is 1. The maximum atomic E-state index is 12.0. The average molecular weight is 403 g/mol. The SMILES string of the molecule is O=C(COc1cccc2ccccc12)Nc1ccc(I)cc1. The van der Waals surface area contributed by atoms with Crippen molar-refractivity contribution in [3.8, 4) is 5.75 Å². The van der Waals surface area contributed by atoms with E-state index >= 15 is 0 Å². The minimum atomic E-state index is -0.172. The van der Waals surface area contributed by atoms with Crippen LogP contribution in [0, 0.1) is 3.57 Å². The van der Waals surface area contributed by atoms with Crippen molar-refractivity contribution in [2.45, 2.75) is 0 Å². The molecule has 0 aliphatic carbocycles. The lowest BCUT2D eigenvalue weighted by molar-refractivity contribution is -0.118. The van der Waals surface area contributed by atoms with Gasteiger partial charge in [0.25, 0.3) is 5.91 Å². The molecule has 0 saturated heterocycles. The molecule has 3 rings (SSSR count). The third kappa shape index (κ3) is 3.57. The van der Waals surface area contributed by atoms with Gasteiger partial charge in [-0.05, 0) is 58.3 Å². The third-order valence-corrected chi connectivity index (χ3v) is 3.96. The first-order valence-electron chi connectivity index (χ1n) is 6.88. The number of ether oxygens (including phenoxy) is 1. The second-order valence-electron chi connectivity index (χ2n) is 4.82. The van der Waals surface area contributed by atoms with Crippen LogP contribution in [0.4, 0.5) is 5.69 Å². The highest BCUT2D eigenvalue weighted by Gasteiger charge is 2.06. The van der Waals surface area contributed by atoms with Crippen LogP contribution in [0.1, 0.15) is 0 Å². The predicted octanol–water partition coefficient (Wildman–Crippen LogP) is 4.46. The number of rotatable bonds is 4. The molecular weight excluding hydrogens is 389 g/mol. The van der Waals surface area contributed by atoms with Crippen molar-refractivity contribution >= 4 is 45.0 Å². The van der Waals surface area contributed by atoms with E-state index in [1.807, 2.05) is 66.7 Å². The van der Waals surface area contributed by atoms with Crippen molar-refractivity contribution < 1.29 is 9.53 Å². The van der Waals surface area contributed by atoms with Gasteiger partial charge in [0.1, 0.15) is 5.75 Å². The summed E-state index contributed by atoms with van der Waals surface area (Å²) in [6.07, 6.45) is 0. The summed E-state index contributed by atoms with van der Waals surface area (Å²) >= 11 is 2.23. The molecule has 3 aromatic carbocycles. The highest BCUT2D eigenvalue weighted by molar-refractivity contribution is 14.1. The molecule has 0 heterocycles. The van der Waals surface area contributed by atoms with Gasteiger partial charge < -0.3 is 10.1 Å². The Morgan fingerprint density at radius 1 is 0.955 bits per heavy atom. The largest absolute Gasteiger partial charge is 0.483 e. The second kappa shape index (κ2) is 6.79. The number of hydrogen-bond donors (Lipinski definition) is 1. The molecule has 4 heteroatoms. The minimum Gasteiger partial charge on any atom is -0.483 e. The Morgan fingerprint density at radius 2 is 1.68 bits per heavy atom. The molecule has 0 aromatic heterocycles. The van der Waals surface area contributed by atoms with Crippen molar-refractivity contribution in [1.82, 2.24) is 0 Å². The maximum absolute atomic E-state index is 12.0. The van der Waals surface area contributed by atoms with Gasteiger partial charge in [0.15, 0.2) is 6.61 Å². The summed E-state index contributed by atoms with van der Waals surface area (Å²) in [6.45, 7) is -0.0139. The van der Waals surface area contributed by atoms with E-state index in [1.165, 1.54) is 0 Å². The lowest BCUT2D eigenvalue weighted by Gasteiger charge is -2.10. The van der Waals surface area contributed by atoms with Crippen molar-refractivity contribution in [1.29, 1.82) is 0 Å². The van der Waals surface area contributed by atoms with Crippen LogP contribution in [0.25, 0.3) is 10.8 Å². The third-order valence-electron chi connectivity index (χ3n) is 3.24. The molecule has 0 radical (unpaired) electrons. The van der Waals surface area contributed by atoms with E-state index in [4.69, 9.17) is 4.74 Å². The number of fused-ring (bicyclic) bond motifs is 1. The quantitative estimate of drug-likeness (QED) is 0.654. The first kappa shape index (κ1) is 14.8. The number of hydrogen-bond acceptors (Lipinski definition) is 2. The number of carbonyl (C=O) groups excluding carboxylic acids is 1. The highest BCUT2D eigenvalue weighted by atomic mass is 127. The molecular formula is C18H14INO2. The molecule has 22 heavy (non-hydrogen) atoms. The van der Waals surface area contributed by atoms with Gasteiger partial charge in [0.2, 0.25) is 0 Å². The lowest BCUT2D eigenvalue weighted by atomic mass is 10.1. The molecule has 0 saturated carbocycles. The number of amides is 1. The topological polar surface area (TPSA) is 38.3 Å². The number of benzene rings is 3. The fraction of sp³-hybridized carbons (Fsp3) is 0.0556. The first-order valence-corrected chi connectivity index (χ1v) is 7.96. The molecule has 1 amide bonds. The molecule has 0 aliphatic heterocycles. The second-order valence-corrected chi connectivity index (χ2v) is 6.07. The van der Waals surface area contributed by atoms with E-state index in [0.29, 0.717) is 0 Å². The normalized spacial score (nSPS) is 10.4. The molecule has 0 bridgehead atoms. The van der Waals surface area contributed by atoms with Crippen LogP contribution in [-0.4, -0.2) is 12.5 Å². The summed E-state index contributed by atoms with van der Waals surface area (Å²) in [5.74, 6) is 0.546. The molecule has 0 spiro atoms. The predicted molar refractivity (Wildman–Crippen MR) is 97.2 cm³/mol. The molecule has 110 valence electrons. The summed E-state index contributed by atoms with van der Waals surface area (Å²) < 4.78 is 6.79. The number of anilines is 1. The van der Waals surface area contributed by atoms with Crippen LogP contribution in [0.5, 0.6) is 5.75 Å². The summed E-state index contributed by atoms with van der Waals surface area (Å²) in [7, 11) is 0. The molecule has 0 unspecified atom stereocenters. The highest BCUT2D eigenvalue weighted by Crippen LogP contribution is 2.25. The zero-order chi connectivity index (χ0) is 15.4. The van der Waals surface area contributed by atoms with E-state index in [-0.39, 0.29) is 12.5 Å². The maximum Gasteiger partial charge on any atom is 0.262 e. The molecule has 0 fully saturated rings. The molecule has 3 aromatic rings. The van der Waals surface area contributed by atoms with Gasteiger partial charge in [-0.1, -0.05) is 36.4 Å². The van der Waals surface area contributed by atoms with E-state index in [1.54, 1.807) is 0 Å². The Balaban J connectivity index is 1.66. The lowest BCUT2D eigenvalue weighted by Crippen LogP contribution is -2.20. The fourth-order valence-electron chi connectivity index (χ4n) is 2.20. The summed E-state index contributed by atoms with van der Waals surface area (Å²) in [5, 5.41) is 4.92. The van der Waals surface area contributed by atoms with Gasteiger partial charge in [-0.15, -0.1) is 0 Å². The molecule has 1 N–H and O–H groups in total. The van der Waals surface area contributed by atoms with Gasteiger partial charge in [-0.25, -0.2) is 0 Å². The first-order chi connectivity index (χ1) is 10.7. The Labute approximate surface area is 142 Å². The Kier molecular flexibility index (Phi) is 4.58. The standard InChI is InChI=1S/C18H14INO2/c19-14-8-10-15(11-9-14)20-18(21)12-22-17-7-3-5-13-4-1-2-6-16(13)17/h1-11H,12H2,(H,20,21). The zero-order valence-corrected chi connectivity index (χ0v) is 13.9. The van der Waals surface area contributed by atoms with Gasteiger partial charge in [-0.2, -0.15) is 0 Å². The molecule has 3 nitrogen and oxygen atoms in total. The van der Waals surface area contributed by atoms with Gasteiger partial charge in [0, 0.05) is 14.6 Å². The number of carbonyl (C=O) groups is 1. The zero-order valence-electron chi connectivity index (χ0n) is 11.8. The fourth-order valence-corrected chi connectivity index (χ4v) is 2.55. The van der Waals surface area contributed by atoms with E-state index in [2.05, 4.69) is 27.9 Å². The van der Waals surface area contributed by atoms with Gasteiger partial charge in [0.05, 0.1) is 0 Å². The van der Waals surface area contributed by atoms with E-state index < -0.39 is 0 Å². The van der Waals surface area contributed by atoms with Crippen LogP contribution in [0.15, 0.2) is 66.7 Å². The van der Waals surface area contributed by atoms with Gasteiger partial charge in [-0.3, -0.25) is 4.79 Å². The van der Waals surface area contributed by atoms with Crippen molar-refractivity contribution in [3.63, 3.8) is 0 Å². The van der Waals surface area contributed by atoms with Gasteiger partial charge >= 0.3 is 0 Å². The molecule has 0 aliphatic rings.